The Labute approximate surface area is 289 Å². The van der Waals surface area contributed by atoms with E-state index in [0.717, 1.165) is 11.1 Å². The number of benzene rings is 6. The quantitative estimate of drug-likeness (QED) is 0.0633. The van der Waals surface area contributed by atoms with E-state index in [-0.39, 0.29) is 33.8 Å². The third-order valence-corrected chi connectivity index (χ3v) is 7.89. The molecular weight excluding hydrogens is 624 g/mol. The SMILES string of the molecule is O=C(OOC(=O)c1cccc(C(=O)c2ccccc2)c1C=Cc1ccccc1)c1cccc(C(=O)c2ccccc2)c1C=Cc1ccccc1. The molecule has 0 bridgehead atoms. The van der Waals surface area contributed by atoms with E-state index in [2.05, 4.69) is 0 Å². The molecule has 0 spiro atoms. The lowest BCUT2D eigenvalue weighted by molar-refractivity contribution is -0.187. The molecule has 0 aliphatic rings. The summed E-state index contributed by atoms with van der Waals surface area (Å²) in [6.45, 7) is 0. The standard InChI is InChI=1S/C44H30O6/c45-41(33-19-9-3-10-20-33)37-23-13-25-39(35(37)29-27-31-15-5-1-6-16-31)43(47)49-50-44(48)40-26-14-24-38(42(46)34-21-11-4-12-22-34)36(40)30-28-32-17-7-2-8-18-32/h1-30H. The van der Waals surface area contributed by atoms with Crippen LogP contribution < -0.4 is 0 Å². The highest BCUT2D eigenvalue weighted by Gasteiger charge is 2.24. The van der Waals surface area contributed by atoms with Gasteiger partial charge in [-0.05, 0) is 23.3 Å². The molecule has 0 fully saturated rings. The second-order valence-corrected chi connectivity index (χ2v) is 11.2. The predicted octanol–water partition coefficient (Wildman–Crippen LogP) is 9.42. The molecule has 0 saturated carbocycles. The summed E-state index contributed by atoms with van der Waals surface area (Å²) in [5.41, 5.74) is 3.76. The first-order chi connectivity index (χ1) is 24.5. The molecule has 0 radical (unpaired) electrons. The number of hydrogen-bond donors (Lipinski definition) is 0. The molecule has 0 N–H and O–H groups in total. The zero-order chi connectivity index (χ0) is 34.7. The highest BCUT2D eigenvalue weighted by atomic mass is 17.2. The Bertz CT molecular complexity index is 2040. The van der Waals surface area contributed by atoms with Crippen molar-refractivity contribution < 1.29 is 29.0 Å². The van der Waals surface area contributed by atoms with E-state index in [1.165, 1.54) is 12.1 Å². The van der Waals surface area contributed by atoms with Gasteiger partial charge in [0.05, 0.1) is 11.1 Å². The maximum atomic E-state index is 13.6. The fourth-order valence-electron chi connectivity index (χ4n) is 5.38. The molecule has 0 heterocycles. The van der Waals surface area contributed by atoms with Gasteiger partial charge in [0.1, 0.15) is 0 Å². The predicted molar refractivity (Wildman–Crippen MR) is 194 cm³/mol. The molecule has 242 valence electrons. The Balaban J connectivity index is 1.32. The number of ketones is 2. The largest absolute Gasteiger partial charge is 0.386 e. The van der Waals surface area contributed by atoms with Crippen LogP contribution >= 0.6 is 0 Å². The molecule has 0 atom stereocenters. The van der Waals surface area contributed by atoms with Crippen LogP contribution in [0.2, 0.25) is 0 Å². The summed E-state index contributed by atoms with van der Waals surface area (Å²) < 4.78 is 0. The van der Waals surface area contributed by atoms with Crippen molar-refractivity contribution in [1.82, 2.24) is 0 Å². The summed E-state index contributed by atoms with van der Waals surface area (Å²) in [4.78, 5) is 64.6. The molecule has 6 aromatic rings. The van der Waals surface area contributed by atoms with E-state index in [1.807, 2.05) is 72.8 Å². The summed E-state index contributed by atoms with van der Waals surface area (Å²) in [6, 6.07) is 45.7. The van der Waals surface area contributed by atoms with Gasteiger partial charge < -0.3 is 0 Å². The van der Waals surface area contributed by atoms with E-state index >= 15 is 0 Å². The maximum Gasteiger partial charge on any atom is 0.386 e. The van der Waals surface area contributed by atoms with Gasteiger partial charge in [0, 0.05) is 33.4 Å². The topological polar surface area (TPSA) is 86.7 Å². The highest BCUT2D eigenvalue weighted by Crippen LogP contribution is 2.25. The second kappa shape index (κ2) is 15.8. The first-order valence-corrected chi connectivity index (χ1v) is 15.8. The fraction of sp³-hybridized carbons (Fsp3) is 0. The van der Waals surface area contributed by atoms with Crippen LogP contribution in [-0.4, -0.2) is 23.5 Å². The van der Waals surface area contributed by atoms with Gasteiger partial charge in [0.15, 0.2) is 11.6 Å². The molecule has 0 aliphatic carbocycles. The van der Waals surface area contributed by atoms with Crippen molar-refractivity contribution in [3.05, 3.63) is 213 Å². The molecule has 6 heteroatoms. The molecule has 6 rings (SSSR count). The van der Waals surface area contributed by atoms with Crippen LogP contribution in [0, 0.1) is 0 Å². The molecule has 0 unspecified atom stereocenters. The van der Waals surface area contributed by atoms with Crippen molar-refractivity contribution in [1.29, 1.82) is 0 Å². The Hall–Kier alpha value is -6.92. The Morgan fingerprint density at radius 2 is 0.660 bits per heavy atom. The number of carbonyl (C=O) groups is 4. The summed E-state index contributed by atoms with van der Waals surface area (Å²) in [7, 11) is 0. The minimum Gasteiger partial charge on any atom is -0.289 e. The van der Waals surface area contributed by atoms with Crippen molar-refractivity contribution in [3.63, 3.8) is 0 Å². The Morgan fingerprint density at radius 3 is 1.02 bits per heavy atom. The third kappa shape index (κ3) is 7.78. The monoisotopic (exact) mass is 654 g/mol. The van der Waals surface area contributed by atoms with E-state index in [4.69, 9.17) is 9.78 Å². The maximum absolute atomic E-state index is 13.6. The molecule has 6 aromatic carbocycles. The van der Waals surface area contributed by atoms with E-state index < -0.39 is 11.9 Å². The molecule has 0 aromatic heterocycles. The lowest BCUT2D eigenvalue weighted by Crippen LogP contribution is -2.16. The van der Waals surface area contributed by atoms with Gasteiger partial charge in [-0.3, -0.25) is 9.59 Å². The number of carbonyl (C=O) groups excluding carboxylic acids is 4. The first-order valence-electron chi connectivity index (χ1n) is 15.8. The lowest BCUT2D eigenvalue weighted by atomic mass is 9.93. The van der Waals surface area contributed by atoms with Crippen molar-refractivity contribution in [2.24, 2.45) is 0 Å². The van der Waals surface area contributed by atoms with Gasteiger partial charge in [0.25, 0.3) is 0 Å². The summed E-state index contributed by atoms with van der Waals surface area (Å²) in [5.74, 6) is -2.54. The Kier molecular flexibility index (Phi) is 10.4. The number of rotatable bonds is 10. The Morgan fingerprint density at radius 1 is 0.340 bits per heavy atom. The molecule has 0 saturated heterocycles. The first kappa shape index (κ1) is 33.0. The molecule has 6 nitrogen and oxygen atoms in total. The third-order valence-electron chi connectivity index (χ3n) is 7.89. The van der Waals surface area contributed by atoms with Crippen molar-refractivity contribution in [3.8, 4) is 0 Å². The van der Waals surface area contributed by atoms with Gasteiger partial charge in [0.2, 0.25) is 0 Å². The zero-order valence-corrected chi connectivity index (χ0v) is 26.8. The van der Waals surface area contributed by atoms with Gasteiger partial charge in [-0.2, -0.15) is 0 Å². The van der Waals surface area contributed by atoms with Crippen LogP contribution in [-0.2, 0) is 9.78 Å². The molecule has 0 amide bonds. The average molecular weight is 655 g/mol. The smallest absolute Gasteiger partial charge is 0.289 e. The van der Waals surface area contributed by atoms with Crippen LogP contribution in [0.25, 0.3) is 24.3 Å². The van der Waals surface area contributed by atoms with Crippen LogP contribution in [0.15, 0.2) is 158 Å². The summed E-state index contributed by atoms with van der Waals surface area (Å²) >= 11 is 0. The minimum atomic E-state index is -0.980. The van der Waals surface area contributed by atoms with E-state index in [0.29, 0.717) is 22.3 Å². The summed E-state index contributed by atoms with van der Waals surface area (Å²) in [6.07, 6.45) is 6.88. The number of hydrogen-bond acceptors (Lipinski definition) is 6. The minimum absolute atomic E-state index is 0.0176. The van der Waals surface area contributed by atoms with Crippen molar-refractivity contribution in [2.45, 2.75) is 0 Å². The lowest BCUT2D eigenvalue weighted by Gasteiger charge is -2.12. The fourth-order valence-corrected chi connectivity index (χ4v) is 5.38. The van der Waals surface area contributed by atoms with E-state index in [9.17, 15) is 19.2 Å². The van der Waals surface area contributed by atoms with Crippen LogP contribution in [0.4, 0.5) is 0 Å². The van der Waals surface area contributed by atoms with Crippen LogP contribution in [0.3, 0.4) is 0 Å². The van der Waals surface area contributed by atoms with Gasteiger partial charge in [-0.15, -0.1) is 0 Å². The van der Waals surface area contributed by atoms with Gasteiger partial charge in [-0.1, -0.05) is 170 Å². The zero-order valence-electron chi connectivity index (χ0n) is 26.8. The highest BCUT2D eigenvalue weighted by molar-refractivity contribution is 6.14. The molecule has 0 aliphatic heterocycles. The van der Waals surface area contributed by atoms with Crippen molar-refractivity contribution in [2.75, 3.05) is 0 Å². The second-order valence-electron chi connectivity index (χ2n) is 11.2. The van der Waals surface area contributed by atoms with Gasteiger partial charge >= 0.3 is 11.9 Å². The van der Waals surface area contributed by atoms with Crippen LogP contribution in [0.1, 0.15) is 74.8 Å². The average Bonchev–Trinajstić information content (AvgIpc) is 3.18. The van der Waals surface area contributed by atoms with Crippen molar-refractivity contribution >= 4 is 47.8 Å². The molecular formula is C44H30O6. The molecule has 50 heavy (non-hydrogen) atoms. The van der Waals surface area contributed by atoms with Gasteiger partial charge in [-0.25, -0.2) is 19.4 Å². The normalized spacial score (nSPS) is 11.0. The van der Waals surface area contributed by atoms with Crippen LogP contribution in [0.5, 0.6) is 0 Å². The summed E-state index contributed by atoms with van der Waals surface area (Å²) in [5, 5.41) is 0. The van der Waals surface area contributed by atoms with E-state index in [1.54, 1.807) is 97.1 Å².